The number of thioether (sulfide) groups is 1. The van der Waals surface area contributed by atoms with Crippen LogP contribution in [0.4, 0.5) is 20.2 Å². The van der Waals surface area contributed by atoms with E-state index in [1.807, 2.05) is 0 Å². The Balaban J connectivity index is 1.48. The van der Waals surface area contributed by atoms with Gasteiger partial charge in [0.2, 0.25) is 6.79 Å². The molecule has 7 nitrogen and oxygen atoms in total. The Morgan fingerprint density at radius 3 is 2.41 bits per heavy atom. The molecule has 2 N–H and O–H groups in total. The highest BCUT2D eigenvalue weighted by molar-refractivity contribution is 7.99. The summed E-state index contributed by atoms with van der Waals surface area (Å²) in [4.78, 5) is 12.8. The highest BCUT2D eigenvalue weighted by atomic mass is 32.2. The monoisotopic (exact) mass is 478 g/mol. The minimum atomic E-state index is -4.01. The number of anilines is 2. The summed E-state index contributed by atoms with van der Waals surface area (Å²) in [6.07, 6.45) is 0. The van der Waals surface area contributed by atoms with Crippen LogP contribution in [0.5, 0.6) is 11.5 Å². The van der Waals surface area contributed by atoms with Crippen molar-refractivity contribution in [2.24, 2.45) is 0 Å². The predicted molar refractivity (Wildman–Crippen MR) is 116 cm³/mol. The first-order chi connectivity index (χ1) is 15.3. The summed E-state index contributed by atoms with van der Waals surface area (Å²) in [5.41, 5.74) is 0.806. The Labute approximate surface area is 186 Å². The van der Waals surface area contributed by atoms with Crippen molar-refractivity contribution in [1.82, 2.24) is 0 Å². The number of fused-ring (bicyclic) bond motifs is 1. The minimum Gasteiger partial charge on any atom is -0.454 e. The van der Waals surface area contributed by atoms with Crippen molar-refractivity contribution in [3.63, 3.8) is 0 Å². The third-order valence-electron chi connectivity index (χ3n) is 4.37. The predicted octanol–water partition coefficient (Wildman–Crippen LogP) is 4.78. The van der Waals surface area contributed by atoms with Gasteiger partial charge in [-0.25, -0.2) is 8.42 Å². The molecule has 4 rings (SSSR count). The summed E-state index contributed by atoms with van der Waals surface area (Å²) < 4.78 is 63.2. The van der Waals surface area contributed by atoms with Crippen molar-refractivity contribution in [3.05, 3.63) is 72.3 Å². The van der Waals surface area contributed by atoms with Crippen LogP contribution in [0.2, 0.25) is 0 Å². The third kappa shape index (κ3) is 5.11. The van der Waals surface area contributed by atoms with Gasteiger partial charge in [0.15, 0.2) is 11.5 Å². The molecule has 0 radical (unpaired) electrons. The molecule has 1 aliphatic rings. The largest absolute Gasteiger partial charge is 0.454 e. The molecule has 0 aliphatic carbocycles. The topological polar surface area (TPSA) is 93.7 Å². The van der Waals surface area contributed by atoms with Gasteiger partial charge in [-0.05, 0) is 54.6 Å². The van der Waals surface area contributed by atoms with E-state index in [9.17, 15) is 22.0 Å². The lowest BCUT2D eigenvalue weighted by atomic mass is 10.2. The molecule has 0 aromatic heterocycles. The normalized spacial score (nSPS) is 12.6. The number of carbonyl (C=O) groups excluding carboxylic acids is 1. The number of halogens is 2. The number of hydrogen-bond acceptors (Lipinski definition) is 6. The molecule has 11 heteroatoms. The average Bonchev–Trinajstić information content (AvgIpc) is 3.22. The van der Waals surface area contributed by atoms with Gasteiger partial charge in [-0.1, -0.05) is 17.8 Å². The molecule has 0 fully saturated rings. The molecular formula is C21H16F2N2O5S2. The van der Waals surface area contributed by atoms with Crippen LogP contribution in [-0.4, -0.2) is 26.9 Å². The lowest BCUT2D eigenvalue weighted by Gasteiger charge is -2.11. The van der Waals surface area contributed by atoms with E-state index < -0.39 is 21.7 Å². The third-order valence-corrected chi connectivity index (χ3v) is 6.47. The number of nitrogens with one attached hydrogen (secondary N) is 2. The summed E-state index contributed by atoms with van der Waals surface area (Å²) in [6.45, 7) is 0.105. The second kappa shape index (κ2) is 9.05. The average molecular weight is 478 g/mol. The molecular weight excluding hydrogens is 462 g/mol. The molecule has 1 amide bonds. The maximum atomic E-state index is 12.7. The van der Waals surface area contributed by atoms with E-state index in [2.05, 4.69) is 10.0 Å². The van der Waals surface area contributed by atoms with Gasteiger partial charge in [0.25, 0.3) is 21.7 Å². The second-order valence-corrected chi connectivity index (χ2v) is 9.30. The molecule has 1 aliphatic heterocycles. The number of alkyl halides is 2. The lowest BCUT2D eigenvalue weighted by Crippen LogP contribution is -2.16. The molecule has 3 aromatic rings. The fraction of sp³-hybridized carbons (Fsp3) is 0.0952. The summed E-state index contributed by atoms with van der Waals surface area (Å²) in [5.74, 6) is -2.00. The molecule has 32 heavy (non-hydrogen) atoms. The van der Waals surface area contributed by atoms with Crippen molar-refractivity contribution >= 4 is 39.1 Å². The van der Waals surface area contributed by atoms with E-state index in [1.54, 1.807) is 18.2 Å². The zero-order valence-corrected chi connectivity index (χ0v) is 17.9. The molecule has 0 saturated heterocycles. The van der Waals surface area contributed by atoms with Crippen LogP contribution in [0.25, 0.3) is 0 Å². The Morgan fingerprint density at radius 2 is 1.66 bits per heavy atom. The summed E-state index contributed by atoms with van der Waals surface area (Å²) in [6, 6.07) is 16.0. The van der Waals surface area contributed by atoms with Gasteiger partial charge in [0.1, 0.15) is 0 Å². The first kappa shape index (κ1) is 21.9. The number of benzene rings is 3. The maximum absolute atomic E-state index is 12.7. The summed E-state index contributed by atoms with van der Waals surface area (Å²) in [5, 5.41) is 2.68. The molecule has 1 heterocycles. The number of carbonyl (C=O) groups is 1. The van der Waals surface area contributed by atoms with Gasteiger partial charge in [0.05, 0.1) is 4.90 Å². The van der Waals surface area contributed by atoms with Crippen LogP contribution in [0, 0.1) is 0 Å². The van der Waals surface area contributed by atoms with Crippen LogP contribution in [0.15, 0.2) is 76.5 Å². The molecule has 0 saturated carbocycles. The fourth-order valence-corrected chi connectivity index (χ4v) is 4.50. The molecule has 0 atom stereocenters. The van der Waals surface area contributed by atoms with Crippen LogP contribution in [-0.2, 0) is 10.0 Å². The quantitative estimate of drug-likeness (QED) is 0.475. The first-order valence-electron chi connectivity index (χ1n) is 9.19. The highest BCUT2D eigenvalue weighted by Gasteiger charge is 2.18. The Kier molecular flexibility index (Phi) is 6.19. The number of ether oxygens (including phenoxy) is 2. The van der Waals surface area contributed by atoms with Gasteiger partial charge in [-0.15, -0.1) is 0 Å². The van der Waals surface area contributed by atoms with E-state index >= 15 is 0 Å². The van der Waals surface area contributed by atoms with Crippen LogP contribution < -0.4 is 19.5 Å². The Morgan fingerprint density at radius 1 is 0.938 bits per heavy atom. The van der Waals surface area contributed by atoms with Gasteiger partial charge in [0, 0.05) is 27.9 Å². The fourth-order valence-electron chi connectivity index (χ4n) is 2.90. The van der Waals surface area contributed by atoms with E-state index in [1.165, 1.54) is 48.5 Å². The zero-order chi connectivity index (χ0) is 22.7. The van der Waals surface area contributed by atoms with Crippen molar-refractivity contribution in [3.8, 4) is 11.5 Å². The second-order valence-electron chi connectivity index (χ2n) is 6.56. The van der Waals surface area contributed by atoms with E-state index in [0.29, 0.717) is 33.8 Å². The smallest absolute Gasteiger partial charge is 0.288 e. The Hall–Kier alpha value is -3.31. The van der Waals surface area contributed by atoms with Crippen molar-refractivity contribution in [2.45, 2.75) is 15.5 Å². The summed E-state index contributed by atoms with van der Waals surface area (Å²) in [7, 11) is -4.01. The first-order valence-corrected chi connectivity index (χ1v) is 11.6. The number of sulfonamides is 1. The highest BCUT2D eigenvalue weighted by Crippen LogP contribution is 2.34. The molecule has 0 spiro atoms. The van der Waals surface area contributed by atoms with Gasteiger partial charge >= 0.3 is 0 Å². The number of amides is 1. The maximum Gasteiger partial charge on any atom is 0.288 e. The van der Waals surface area contributed by atoms with Gasteiger partial charge in [-0.2, -0.15) is 8.78 Å². The molecule has 3 aromatic carbocycles. The van der Waals surface area contributed by atoms with Crippen LogP contribution in [0.3, 0.4) is 0 Å². The SMILES string of the molecule is O=C(Nc1ccc2c(c1)OCO2)c1cccc(S(=O)(=O)Nc2ccc(SC(F)F)cc2)c1. The standard InChI is InChI=1S/C21H16F2N2O5S2/c22-21(23)31-16-7-4-14(5-8-16)25-32(27,28)17-3-1-2-13(10-17)20(26)24-15-6-9-18-19(11-15)30-12-29-18/h1-11,21,25H,12H2,(H,24,26). The number of hydrogen-bond donors (Lipinski definition) is 2. The molecule has 0 unspecified atom stereocenters. The van der Waals surface area contributed by atoms with Crippen molar-refractivity contribution < 1.29 is 31.5 Å². The zero-order valence-electron chi connectivity index (χ0n) is 16.2. The van der Waals surface area contributed by atoms with Crippen LogP contribution in [0.1, 0.15) is 10.4 Å². The minimum absolute atomic E-state index is 0.105. The number of rotatable bonds is 7. The lowest BCUT2D eigenvalue weighted by molar-refractivity contribution is 0.102. The van der Waals surface area contributed by atoms with Crippen molar-refractivity contribution in [1.29, 1.82) is 0 Å². The van der Waals surface area contributed by atoms with Crippen molar-refractivity contribution in [2.75, 3.05) is 16.8 Å². The van der Waals surface area contributed by atoms with E-state index in [4.69, 9.17) is 9.47 Å². The van der Waals surface area contributed by atoms with Gasteiger partial charge < -0.3 is 14.8 Å². The molecule has 0 bridgehead atoms. The van der Waals surface area contributed by atoms with E-state index in [-0.39, 0.29) is 22.9 Å². The Bertz CT molecular complexity index is 1250. The van der Waals surface area contributed by atoms with Gasteiger partial charge in [-0.3, -0.25) is 9.52 Å². The summed E-state index contributed by atoms with van der Waals surface area (Å²) >= 11 is 0.364. The van der Waals surface area contributed by atoms with Crippen LogP contribution >= 0.6 is 11.8 Å². The van der Waals surface area contributed by atoms with E-state index in [0.717, 1.165) is 0 Å². The molecule has 166 valence electrons.